The van der Waals surface area contributed by atoms with Crippen molar-refractivity contribution in [2.45, 2.75) is 53.4 Å². The molecule has 0 radical (unpaired) electrons. The minimum Gasteiger partial charge on any atom is -0.478 e. The van der Waals surface area contributed by atoms with Crippen LogP contribution in [0.1, 0.15) is 52.3 Å². The first kappa shape index (κ1) is 15.7. The van der Waals surface area contributed by atoms with Gasteiger partial charge in [-0.2, -0.15) is 4.98 Å². The van der Waals surface area contributed by atoms with Crippen molar-refractivity contribution in [3.8, 4) is 5.88 Å². The molecule has 4 nitrogen and oxygen atoms in total. The van der Waals surface area contributed by atoms with E-state index in [9.17, 15) is 0 Å². The maximum atomic E-state index is 5.43. The standard InChI is InChI=1S/C15H27N3O/c1-5-8-9-13(6-2)11-16-14-10-15(19-7-3)18-12(4)17-14/h10,13H,5-9,11H2,1-4H3,(H,16,17,18). The Bertz CT molecular complexity index is 368. The van der Waals surface area contributed by atoms with E-state index in [0.29, 0.717) is 18.4 Å². The summed E-state index contributed by atoms with van der Waals surface area (Å²) in [5.74, 6) is 2.98. The first-order valence-electron chi connectivity index (χ1n) is 7.41. The summed E-state index contributed by atoms with van der Waals surface area (Å²) in [6.45, 7) is 9.94. The molecule has 1 heterocycles. The number of hydrogen-bond acceptors (Lipinski definition) is 4. The summed E-state index contributed by atoms with van der Waals surface area (Å²) >= 11 is 0. The Morgan fingerprint density at radius 3 is 2.68 bits per heavy atom. The quantitative estimate of drug-likeness (QED) is 0.737. The third-order valence-electron chi connectivity index (χ3n) is 3.22. The Kier molecular flexibility index (Phi) is 7.23. The van der Waals surface area contributed by atoms with Gasteiger partial charge < -0.3 is 10.1 Å². The third-order valence-corrected chi connectivity index (χ3v) is 3.22. The Labute approximate surface area is 117 Å². The van der Waals surface area contributed by atoms with Gasteiger partial charge >= 0.3 is 0 Å². The van der Waals surface area contributed by atoms with Crippen LogP contribution in [0.3, 0.4) is 0 Å². The van der Waals surface area contributed by atoms with Gasteiger partial charge in [0.05, 0.1) is 6.61 Å². The summed E-state index contributed by atoms with van der Waals surface area (Å²) in [6, 6.07) is 1.88. The average molecular weight is 265 g/mol. The summed E-state index contributed by atoms with van der Waals surface area (Å²) in [5.41, 5.74) is 0. The number of nitrogens with zero attached hydrogens (tertiary/aromatic N) is 2. The van der Waals surface area contributed by atoms with Gasteiger partial charge in [0.25, 0.3) is 0 Å². The molecule has 0 fully saturated rings. The number of aromatic nitrogens is 2. The number of nitrogens with one attached hydrogen (secondary N) is 1. The summed E-state index contributed by atoms with van der Waals surface area (Å²) in [7, 11) is 0. The zero-order valence-corrected chi connectivity index (χ0v) is 12.7. The first-order chi connectivity index (χ1) is 9.19. The van der Waals surface area contributed by atoms with E-state index < -0.39 is 0 Å². The van der Waals surface area contributed by atoms with Crippen molar-refractivity contribution >= 4 is 5.82 Å². The van der Waals surface area contributed by atoms with Crippen molar-refractivity contribution in [3.63, 3.8) is 0 Å². The second-order valence-corrected chi connectivity index (χ2v) is 4.87. The number of anilines is 1. The van der Waals surface area contributed by atoms with Gasteiger partial charge in [-0.05, 0) is 26.2 Å². The fourth-order valence-corrected chi connectivity index (χ4v) is 2.04. The smallest absolute Gasteiger partial charge is 0.218 e. The normalized spacial score (nSPS) is 12.2. The molecular formula is C15H27N3O. The van der Waals surface area contributed by atoms with Crippen LogP contribution in [0.4, 0.5) is 5.82 Å². The van der Waals surface area contributed by atoms with Gasteiger partial charge in [-0.1, -0.05) is 33.1 Å². The number of ether oxygens (including phenoxy) is 1. The van der Waals surface area contributed by atoms with Crippen LogP contribution in [0.2, 0.25) is 0 Å². The molecule has 1 rings (SSSR count). The maximum Gasteiger partial charge on any atom is 0.218 e. The Balaban J connectivity index is 2.55. The molecule has 0 aromatic carbocycles. The number of unbranched alkanes of at least 4 members (excludes halogenated alkanes) is 1. The number of aryl methyl sites for hydroxylation is 1. The first-order valence-corrected chi connectivity index (χ1v) is 7.41. The van der Waals surface area contributed by atoms with E-state index in [1.54, 1.807) is 0 Å². The van der Waals surface area contributed by atoms with E-state index in [1.165, 1.54) is 25.7 Å². The van der Waals surface area contributed by atoms with Crippen molar-refractivity contribution in [1.82, 2.24) is 9.97 Å². The molecule has 0 aliphatic rings. The van der Waals surface area contributed by atoms with Crippen LogP contribution in [-0.4, -0.2) is 23.1 Å². The summed E-state index contributed by atoms with van der Waals surface area (Å²) in [6.07, 6.45) is 5.04. The second-order valence-electron chi connectivity index (χ2n) is 4.87. The molecule has 1 aromatic heterocycles. The van der Waals surface area contributed by atoms with Gasteiger partial charge in [0.15, 0.2) is 0 Å². The van der Waals surface area contributed by atoms with Crippen molar-refractivity contribution in [1.29, 1.82) is 0 Å². The highest BCUT2D eigenvalue weighted by molar-refractivity contribution is 5.38. The fraction of sp³-hybridized carbons (Fsp3) is 0.733. The highest BCUT2D eigenvalue weighted by atomic mass is 16.5. The monoisotopic (exact) mass is 265 g/mol. The SMILES string of the molecule is CCCCC(CC)CNc1cc(OCC)nc(C)n1. The molecule has 1 N–H and O–H groups in total. The lowest BCUT2D eigenvalue weighted by molar-refractivity contribution is 0.325. The van der Waals surface area contributed by atoms with Crippen molar-refractivity contribution in [2.75, 3.05) is 18.5 Å². The van der Waals surface area contributed by atoms with Crippen LogP contribution >= 0.6 is 0 Å². The summed E-state index contributed by atoms with van der Waals surface area (Å²) < 4.78 is 5.43. The van der Waals surface area contributed by atoms with Gasteiger partial charge in [0.1, 0.15) is 11.6 Å². The van der Waals surface area contributed by atoms with E-state index in [4.69, 9.17) is 4.74 Å². The molecule has 0 spiro atoms. The lowest BCUT2D eigenvalue weighted by atomic mass is 9.99. The summed E-state index contributed by atoms with van der Waals surface area (Å²) in [5, 5.41) is 3.41. The van der Waals surface area contributed by atoms with Crippen molar-refractivity contribution in [3.05, 3.63) is 11.9 Å². The van der Waals surface area contributed by atoms with Crippen LogP contribution < -0.4 is 10.1 Å². The van der Waals surface area contributed by atoms with E-state index in [1.807, 2.05) is 19.9 Å². The molecule has 0 bridgehead atoms. The Hall–Kier alpha value is -1.32. The molecule has 0 amide bonds. The number of hydrogen-bond donors (Lipinski definition) is 1. The van der Waals surface area contributed by atoms with Crippen molar-refractivity contribution < 1.29 is 4.74 Å². The number of rotatable bonds is 9. The van der Waals surface area contributed by atoms with E-state index in [-0.39, 0.29) is 0 Å². The minimum absolute atomic E-state index is 0.629. The molecule has 0 saturated heterocycles. The topological polar surface area (TPSA) is 47.0 Å². The molecule has 1 aromatic rings. The largest absolute Gasteiger partial charge is 0.478 e. The zero-order chi connectivity index (χ0) is 14.1. The highest BCUT2D eigenvalue weighted by Gasteiger charge is 2.07. The van der Waals surface area contributed by atoms with Gasteiger partial charge in [-0.25, -0.2) is 4.98 Å². The maximum absolute atomic E-state index is 5.43. The van der Waals surface area contributed by atoms with E-state index in [0.717, 1.165) is 18.2 Å². The molecule has 19 heavy (non-hydrogen) atoms. The molecule has 0 saturated carbocycles. The van der Waals surface area contributed by atoms with Crippen LogP contribution in [0.5, 0.6) is 5.88 Å². The van der Waals surface area contributed by atoms with Crippen LogP contribution in [-0.2, 0) is 0 Å². The molecule has 1 unspecified atom stereocenters. The summed E-state index contributed by atoms with van der Waals surface area (Å²) in [4.78, 5) is 8.65. The van der Waals surface area contributed by atoms with Crippen LogP contribution in [0.25, 0.3) is 0 Å². The highest BCUT2D eigenvalue weighted by Crippen LogP contribution is 2.16. The van der Waals surface area contributed by atoms with E-state index >= 15 is 0 Å². The van der Waals surface area contributed by atoms with Crippen LogP contribution in [0.15, 0.2) is 6.07 Å². The lowest BCUT2D eigenvalue weighted by Crippen LogP contribution is -2.15. The minimum atomic E-state index is 0.629. The average Bonchev–Trinajstić information content (AvgIpc) is 2.39. The zero-order valence-electron chi connectivity index (χ0n) is 12.7. The molecule has 1 atom stereocenters. The lowest BCUT2D eigenvalue weighted by Gasteiger charge is -2.16. The Morgan fingerprint density at radius 2 is 2.05 bits per heavy atom. The van der Waals surface area contributed by atoms with Crippen molar-refractivity contribution in [2.24, 2.45) is 5.92 Å². The molecule has 0 aliphatic heterocycles. The molecule has 0 aliphatic carbocycles. The van der Waals surface area contributed by atoms with Gasteiger partial charge in [-0.3, -0.25) is 0 Å². The predicted molar refractivity (Wildman–Crippen MR) is 79.7 cm³/mol. The van der Waals surface area contributed by atoms with E-state index in [2.05, 4.69) is 29.1 Å². The fourth-order valence-electron chi connectivity index (χ4n) is 2.04. The molecule has 108 valence electrons. The second kappa shape index (κ2) is 8.73. The Morgan fingerprint density at radius 1 is 1.26 bits per heavy atom. The third kappa shape index (κ3) is 5.90. The van der Waals surface area contributed by atoms with Gasteiger partial charge in [0, 0.05) is 12.6 Å². The van der Waals surface area contributed by atoms with Crippen LogP contribution in [0, 0.1) is 12.8 Å². The van der Waals surface area contributed by atoms with Gasteiger partial charge in [-0.15, -0.1) is 0 Å². The molecule has 4 heteroatoms. The van der Waals surface area contributed by atoms with Gasteiger partial charge in [0.2, 0.25) is 5.88 Å². The molecular weight excluding hydrogens is 238 g/mol. The predicted octanol–water partition coefficient (Wildman–Crippen LogP) is 3.81.